The van der Waals surface area contributed by atoms with Crippen LogP contribution in [0.25, 0.3) is 0 Å². The van der Waals surface area contributed by atoms with Gasteiger partial charge in [-0.3, -0.25) is 0 Å². The van der Waals surface area contributed by atoms with Gasteiger partial charge in [-0.2, -0.15) is 11.8 Å². The van der Waals surface area contributed by atoms with Crippen LogP contribution in [0.2, 0.25) is 0 Å². The van der Waals surface area contributed by atoms with Crippen LogP contribution in [-0.4, -0.2) is 35.4 Å². The minimum Gasteiger partial charge on any atom is -0.396 e. The van der Waals surface area contributed by atoms with E-state index in [1.165, 1.54) is 0 Å². The monoisotopic (exact) mass is 206 g/mol. The van der Waals surface area contributed by atoms with Gasteiger partial charge in [0.1, 0.15) is 0 Å². The smallest absolute Gasteiger partial charge is 0.0511 e. The molecule has 0 aromatic carbocycles. The minimum absolute atomic E-state index is 0.0928. The van der Waals surface area contributed by atoms with E-state index in [4.69, 9.17) is 0 Å². The topological polar surface area (TPSA) is 40.5 Å². The van der Waals surface area contributed by atoms with Gasteiger partial charge in [0, 0.05) is 5.41 Å². The van der Waals surface area contributed by atoms with Crippen molar-refractivity contribution in [2.24, 2.45) is 11.3 Å². The third-order valence-corrected chi connectivity index (χ3v) is 3.57. The van der Waals surface area contributed by atoms with Crippen molar-refractivity contribution in [2.45, 2.75) is 26.7 Å². The average molecular weight is 206 g/mol. The Balaban J connectivity index is 4.06. The van der Waals surface area contributed by atoms with Crippen LogP contribution in [0, 0.1) is 11.3 Å². The van der Waals surface area contributed by atoms with Gasteiger partial charge in [0.25, 0.3) is 0 Å². The number of aliphatic hydroxyl groups excluding tert-OH is 2. The first-order valence-corrected chi connectivity index (χ1v) is 6.23. The summed E-state index contributed by atoms with van der Waals surface area (Å²) in [6.07, 6.45) is 4.06. The zero-order chi connectivity index (χ0) is 10.3. The highest BCUT2D eigenvalue weighted by atomic mass is 32.2. The fourth-order valence-corrected chi connectivity index (χ4v) is 1.86. The Kier molecular flexibility index (Phi) is 6.82. The van der Waals surface area contributed by atoms with Gasteiger partial charge in [-0.15, -0.1) is 0 Å². The normalized spacial score (nSPS) is 12.5. The Hall–Kier alpha value is 0.270. The number of rotatable bonds is 7. The molecular formula is C10H22O2S. The minimum atomic E-state index is -0.268. The van der Waals surface area contributed by atoms with E-state index >= 15 is 0 Å². The fourth-order valence-electron chi connectivity index (χ4n) is 1.43. The van der Waals surface area contributed by atoms with Crippen LogP contribution in [-0.2, 0) is 0 Å². The van der Waals surface area contributed by atoms with Crippen molar-refractivity contribution in [1.29, 1.82) is 0 Å². The van der Waals surface area contributed by atoms with Gasteiger partial charge in [-0.25, -0.2) is 0 Å². The van der Waals surface area contributed by atoms with Gasteiger partial charge in [-0.1, -0.05) is 13.8 Å². The Morgan fingerprint density at radius 1 is 1.23 bits per heavy atom. The van der Waals surface area contributed by atoms with Crippen molar-refractivity contribution >= 4 is 11.8 Å². The predicted octanol–water partition coefficient (Wildman–Crippen LogP) is 1.76. The van der Waals surface area contributed by atoms with Crippen molar-refractivity contribution in [1.82, 2.24) is 0 Å². The maximum atomic E-state index is 9.28. The molecule has 0 aromatic rings. The van der Waals surface area contributed by atoms with E-state index in [2.05, 4.69) is 20.1 Å². The Morgan fingerprint density at radius 3 is 2.08 bits per heavy atom. The van der Waals surface area contributed by atoms with E-state index in [9.17, 15) is 10.2 Å². The summed E-state index contributed by atoms with van der Waals surface area (Å²) in [6.45, 7) is 4.31. The lowest BCUT2D eigenvalue weighted by Crippen LogP contribution is -2.35. The lowest BCUT2D eigenvalue weighted by molar-refractivity contribution is 0.00860. The number of aliphatic hydroxyl groups is 2. The summed E-state index contributed by atoms with van der Waals surface area (Å²) in [6, 6.07) is 0. The van der Waals surface area contributed by atoms with Crippen LogP contribution < -0.4 is 0 Å². The molecule has 0 saturated heterocycles. The second-order valence-corrected chi connectivity index (χ2v) is 4.92. The molecule has 0 atom stereocenters. The zero-order valence-corrected chi connectivity index (χ0v) is 9.73. The molecule has 13 heavy (non-hydrogen) atoms. The summed E-state index contributed by atoms with van der Waals surface area (Å²) in [5, 5.41) is 18.6. The molecule has 0 aliphatic heterocycles. The Bertz CT molecular complexity index is 122. The molecule has 2 nitrogen and oxygen atoms in total. The van der Waals surface area contributed by atoms with Gasteiger partial charge in [0.15, 0.2) is 0 Å². The standard InChI is InChI=1S/C10H22O2S/c1-9(2)10(7-11,8-12)5-4-6-13-3/h9,11-12H,4-8H2,1-3H3. The molecule has 80 valence electrons. The van der Waals surface area contributed by atoms with Gasteiger partial charge < -0.3 is 10.2 Å². The van der Waals surface area contributed by atoms with Crippen LogP contribution in [0.5, 0.6) is 0 Å². The van der Waals surface area contributed by atoms with Gasteiger partial charge in [-0.05, 0) is 30.8 Å². The average Bonchev–Trinajstić information content (AvgIpc) is 2.13. The molecule has 0 radical (unpaired) electrons. The van der Waals surface area contributed by atoms with Crippen LogP contribution in [0.1, 0.15) is 26.7 Å². The molecule has 0 saturated carbocycles. The summed E-state index contributed by atoms with van der Waals surface area (Å²) in [5.41, 5.74) is -0.268. The molecule has 0 unspecified atom stereocenters. The summed E-state index contributed by atoms with van der Waals surface area (Å²) >= 11 is 1.81. The number of thioether (sulfide) groups is 1. The largest absolute Gasteiger partial charge is 0.396 e. The Morgan fingerprint density at radius 2 is 1.77 bits per heavy atom. The second-order valence-electron chi connectivity index (χ2n) is 3.93. The first-order valence-electron chi connectivity index (χ1n) is 4.83. The van der Waals surface area contributed by atoms with Gasteiger partial charge >= 0.3 is 0 Å². The molecule has 0 fully saturated rings. The highest BCUT2D eigenvalue weighted by Gasteiger charge is 2.31. The highest BCUT2D eigenvalue weighted by molar-refractivity contribution is 7.98. The molecule has 2 N–H and O–H groups in total. The summed E-state index contributed by atoms with van der Waals surface area (Å²) < 4.78 is 0. The number of hydrogen-bond donors (Lipinski definition) is 2. The van der Waals surface area contributed by atoms with E-state index in [1.54, 1.807) is 0 Å². The third kappa shape index (κ3) is 3.88. The molecule has 3 heteroatoms. The lowest BCUT2D eigenvalue weighted by atomic mass is 9.75. The van der Waals surface area contributed by atoms with E-state index in [0.717, 1.165) is 18.6 Å². The molecule has 0 aromatic heterocycles. The highest BCUT2D eigenvalue weighted by Crippen LogP contribution is 2.32. The first-order chi connectivity index (χ1) is 6.13. The van der Waals surface area contributed by atoms with Gasteiger partial charge in [0.05, 0.1) is 13.2 Å². The molecule has 0 amide bonds. The summed E-state index contributed by atoms with van der Waals surface area (Å²) in [5.74, 6) is 1.44. The van der Waals surface area contributed by atoms with E-state index in [0.29, 0.717) is 5.92 Å². The Labute approximate surface area is 85.7 Å². The second kappa shape index (κ2) is 6.68. The first kappa shape index (κ1) is 13.3. The van der Waals surface area contributed by atoms with Crippen molar-refractivity contribution in [2.75, 3.05) is 25.2 Å². The summed E-state index contributed by atoms with van der Waals surface area (Å²) in [4.78, 5) is 0. The summed E-state index contributed by atoms with van der Waals surface area (Å²) in [7, 11) is 0. The molecule has 0 spiro atoms. The molecule has 0 aliphatic carbocycles. The van der Waals surface area contributed by atoms with Gasteiger partial charge in [0.2, 0.25) is 0 Å². The van der Waals surface area contributed by atoms with Crippen molar-refractivity contribution in [3.8, 4) is 0 Å². The van der Waals surface area contributed by atoms with Crippen LogP contribution in [0.15, 0.2) is 0 Å². The van der Waals surface area contributed by atoms with E-state index < -0.39 is 0 Å². The maximum absolute atomic E-state index is 9.28. The quantitative estimate of drug-likeness (QED) is 0.624. The fraction of sp³-hybridized carbons (Fsp3) is 1.00. The lowest BCUT2D eigenvalue weighted by Gasteiger charge is -2.34. The van der Waals surface area contributed by atoms with Crippen LogP contribution >= 0.6 is 11.8 Å². The number of hydrogen-bond acceptors (Lipinski definition) is 3. The molecule has 0 rings (SSSR count). The predicted molar refractivity (Wildman–Crippen MR) is 59.1 cm³/mol. The SMILES string of the molecule is CSCCCC(CO)(CO)C(C)C. The molecule has 0 bridgehead atoms. The maximum Gasteiger partial charge on any atom is 0.0511 e. The van der Waals surface area contributed by atoms with E-state index in [1.807, 2.05) is 11.8 Å². The van der Waals surface area contributed by atoms with Crippen LogP contribution in [0.4, 0.5) is 0 Å². The van der Waals surface area contributed by atoms with E-state index in [-0.39, 0.29) is 18.6 Å². The molecule has 0 aliphatic rings. The van der Waals surface area contributed by atoms with Crippen molar-refractivity contribution in [3.63, 3.8) is 0 Å². The molecular weight excluding hydrogens is 184 g/mol. The van der Waals surface area contributed by atoms with Crippen molar-refractivity contribution in [3.05, 3.63) is 0 Å². The third-order valence-electron chi connectivity index (χ3n) is 2.88. The molecule has 0 heterocycles. The van der Waals surface area contributed by atoms with Crippen molar-refractivity contribution < 1.29 is 10.2 Å². The van der Waals surface area contributed by atoms with Crippen LogP contribution in [0.3, 0.4) is 0 Å². The zero-order valence-electron chi connectivity index (χ0n) is 8.92.